The number of hydrogen-bond donors (Lipinski definition) is 2. The molecule has 0 heterocycles. The third-order valence-corrected chi connectivity index (χ3v) is 12.8. The van der Waals surface area contributed by atoms with Crippen molar-refractivity contribution in [2.45, 2.75) is 238 Å². The van der Waals surface area contributed by atoms with E-state index in [-0.39, 0.29) is 32.6 Å². The Kier molecular flexibility index (Phi) is 54.8. The molecule has 0 amide bonds. The van der Waals surface area contributed by atoms with E-state index in [4.69, 9.17) is 24.3 Å². The van der Waals surface area contributed by atoms with Gasteiger partial charge in [0.25, 0.3) is 0 Å². The second kappa shape index (κ2) is 57.7. The number of rotatable bonds is 53. The van der Waals surface area contributed by atoms with E-state index in [1.54, 1.807) is 0 Å². The van der Waals surface area contributed by atoms with Gasteiger partial charge in [0.1, 0.15) is 6.61 Å². The zero-order valence-corrected chi connectivity index (χ0v) is 47.2. The number of allylic oxidation sites excluding steroid dienone is 20. The van der Waals surface area contributed by atoms with Crippen LogP contribution >= 0.6 is 7.82 Å². The van der Waals surface area contributed by atoms with Crippen LogP contribution in [0.2, 0.25) is 0 Å². The maximum atomic E-state index is 12.7. The van der Waals surface area contributed by atoms with E-state index < -0.39 is 32.5 Å². The number of carbonyl (C=O) groups is 2. The Morgan fingerprint density at radius 2 is 0.712 bits per heavy atom. The van der Waals surface area contributed by atoms with Gasteiger partial charge in [-0.15, -0.1) is 0 Å². The van der Waals surface area contributed by atoms with Crippen LogP contribution in [0, 0.1) is 0 Å². The number of phosphoric acid groups is 1. The number of unbranched alkanes of at least 4 members (excludes halogenated alkanes) is 20. The van der Waals surface area contributed by atoms with Crippen LogP contribution in [0.4, 0.5) is 0 Å². The van der Waals surface area contributed by atoms with Crippen LogP contribution in [0.1, 0.15) is 232 Å². The summed E-state index contributed by atoms with van der Waals surface area (Å²) in [7, 11) is -4.40. The molecule has 0 aliphatic rings. The molecule has 0 spiro atoms. The second-order valence-electron chi connectivity index (χ2n) is 18.7. The first-order chi connectivity index (χ1) is 35.8. The first-order valence-electron chi connectivity index (χ1n) is 29.0. The number of esters is 2. The van der Waals surface area contributed by atoms with E-state index in [1.807, 2.05) is 0 Å². The number of nitrogens with two attached hydrogens (primary N) is 1. The van der Waals surface area contributed by atoms with Crippen molar-refractivity contribution >= 4 is 19.8 Å². The summed E-state index contributed by atoms with van der Waals surface area (Å²) in [5, 5.41) is 0. The maximum absolute atomic E-state index is 12.7. The Balaban J connectivity index is 4.02. The fourth-order valence-electron chi connectivity index (χ4n) is 7.63. The van der Waals surface area contributed by atoms with E-state index >= 15 is 0 Å². The lowest BCUT2D eigenvalue weighted by molar-refractivity contribution is -0.161. The summed E-state index contributed by atoms with van der Waals surface area (Å²) in [5.41, 5.74) is 5.38. The highest BCUT2D eigenvalue weighted by atomic mass is 31.2. The van der Waals surface area contributed by atoms with Gasteiger partial charge in [-0.05, 0) is 103 Å². The molecule has 0 saturated heterocycles. The summed E-state index contributed by atoms with van der Waals surface area (Å²) < 4.78 is 33.0. The summed E-state index contributed by atoms with van der Waals surface area (Å²) >= 11 is 0. The molecule has 2 atom stereocenters. The molecule has 10 heteroatoms. The van der Waals surface area contributed by atoms with E-state index in [9.17, 15) is 19.0 Å². The molecule has 0 aromatic rings. The Labute approximate surface area is 447 Å². The lowest BCUT2D eigenvalue weighted by Gasteiger charge is -2.19. The van der Waals surface area contributed by atoms with Gasteiger partial charge in [-0.3, -0.25) is 18.6 Å². The molecule has 416 valence electrons. The van der Waals surface area contributed by atoms with Crippen molar-refractivity contribution in [1.29, 1.82) is 0 Å². The van der Waals surface area contributed by atoms with Gasteiger partial charge in [0.2, 0.25) is 0 Å². The molecule has 0 aromatic heterocycles. The summed E-state index contributed by atoms with van der Waals surface area (Å²) in [6.07, 6.45) is 79.6. The zero-order valence-electron chi connectivity index (χ0n) is 46.3. The molecule has 0 fully saturated rings. The van der Waals surface area contributed by atoms with E-state index in [0.29, 0.717) is 12.8 Å². The summed E-state index contributed by atoms with van der Waals surface area (Å²) in [4.78, 5) is 35.2. The Hall–Kier alpha value is -3.59. The number of phosphoric ester groups is 1. The third-order valence-electron chi connectivity index (χ3n) is 11.8. The normalized spacial score (nSPS) is 14.0. The predicted molar refractivity (Wildman–Crippen MR) is 311 cm³/mol. The van der Waals surface area contributed by atoms with Gasteiger partial charge in [0, 0.05) is 19.4 Å². The standard InChI is InChI=1S/C63H106NO8P/c1-3-5-7-9-11-13-15-17-19-21-23-25-27-28-29-30-31-32-34-36-38-40-42-44-46-48-50-52-54-56-63(66)72-61(60-71-73(67,68)70-58-57-64)59-69-62(65)55-53-51-49-47-45-43-41-39-37-35-33-26-24-22-20-18-16-14-12-10-8-6-4-2/h5-8,11-14,17-20,23-26,28-29,35,37,61H,3-4,9-10,15-16,21-22,27,30-34,36,38-60,64H2,1-2H3,(H,67,68)/b7-5-,8-6-,13-11-,14-12-,19-17-,20-18-,25-23-,26-24-,29-28-,37-35-. The fraction of sp³-hybridized carbons (Fsp3) is 0.651. The molecule has 0 saturated carbocycles. The topological polar surface area (TPSA) is 134 Å². The van der Waals surface area contributed by atoms with Crippen molar-refractivity contribution in [3.8, 4) is 0 Å². The van der Waals surface area contributed by atoms with Crippen molar-refractivity contribution < 1.29 is 37.6 Å². The summed E-state index contributed by atoms with van der Waals surface area (Å²) in [6.45, 7) is 3.50. The fourth-order valence-corrected chi connectivity index (χ4v) is 8.40. The molecular weight excluding hydrogens is 930 g/mol. The molecule has 73 heavy (non-hydrogen) atoms. The SMILES string of the molecule is CC/C=C\C/C=C\C/C=C\C/C=C\C/C=C\CCCCCCCCCCCCCCCC(=O)OC(COC(=O)CCCCCCCCC/C=C\C/C=C\C/C=C\C/C=C\C/C=C\CC)COP(=O)(O)OCCN. The minimum Gasteiger partial charge on any atom is -0.462 e. The molecule has 0 aliphatic heterocycles. The minimum absolute atomic E-state index is 0.0457. The van der Waals surface area contributed by atoms with Crippen LogP contribution in [0.5, 0.6) is 0 Å². The average Bonchev–Trinajstić information content (AvgIpc) is 3.38. The summed E-state index contributed by atoms with van der Waals surface area (Å²) in [6, 6.07) is 0. The Morgan fingerprint density at radius 1 is 0.411 bits per heavy atom. The number of hydrogen-bond acceptors (Lipinski definition) is 8. The highest BCUT2D eigenvalue weighted by molar-refractivity contribution is 7.47. The van der Waals surface area contributed by atoms with E-state index in [1.165, 1.54) is 83.5 Å². The highest BCUT2D eigenvalue weighted by Gasteiger charge is 2.26. The largest absolute Gasteiger partial charge is 0.472 e. The van der Waals surface area contributed by atoms with Gasteiger partial charge < -0.3 is 20.1 Å². The molecule has 0 aromatic carbocycles. The molecule has 0 radical (unpaired) electrons. The van der Waals surface area contributed by atoms with Crippen molar-refractivity contribution in [3.63, 3.8) is 0 Å². The van der Waals surface area contributed by atoms with Gasteiger partial charge in [-0.25, -0.2) is 4.57 Å². The van der Waals surface area contributed by atoms with Crippen LogP contribution in [0.15, 0.2) is 122 Å². The monoisotopic (exact) mass is 1040 g/mol. The molecular formula is C63H106NO8P. The van der Waals surface area contributed by atoms with Crippen LogP contribution in [-0.2, 0) is 32.7 Å². The quantitative estimate of drug-likeness (QED) is 0.0264. The van der Waals surface area contributed by atoms with Gasteiger partial charge >= 0.3 is 19.8 Å². The van der Waals surface area contributed by atoms with Crippen molar-refractivity contribution in [2.24, 2.45) is 5.73 Å². The Morgan fingerprint density at radius 3 is 1.05 bits per heavy atom. The highest BCUT2D eigenvalue weighted by Crippen LogP contribution is 2.43. The predicted octanol–water partition coefficient (Wildman–Crippen LogP) is 18.4. The van der Waals surface area contributed by atoms with Crippen LogP contribution in [0.25, 0.3) is 0 Å². The van der Waals surface area contributed by atoms with Gasteiger partial charge in [-0.1, -0.05) is 238 Å². The van der Waals surface area contributed by atoms with Crippen molar-refractivity contribution in [2.75, 3.05) is 26.4 Å². The first-order valence-corrected chi connectivity index (χ1v) is 30.5. The first kappa shape index (κ1) is 69.4. The van der Waals surface area contributed by atoms with Crippen LogP contribution in [-0.4, -0.2) is 49.3 Å². The zero-order chi connectivity index (χ0) is 53.1. The maximum Gasteiger partial charge on any atom is 0.472 e. The number of ether oxygens (including phenoxy) is 2. The number of carbonyl (C=O) groups excluding carboxylic acids is 2. The van der Waals surface area contributed by atoms with Gasteiger partial charge in [0.05, 0.1) is 13.2 Å². The van der Waals surface area contributed by atoms with E-state index in [0.717, 1.165) is 109 Å². The lowest BCUT2D eigenvalue weighted by atomic mass is 10.0. The Bertz CT molecular complexity index is 1600. The van der Waals surface area contributed by atoms with E-state index in [2.05, 4.69) is 135 Å². The third kappa shape index (κ3) is 57.5. The average molecular weight is 1040 g/mol. The second-order valence-corrected chi connectivity index (χ2v) is 20.2. The summed E-state index contributed by atoms with van der Waals surface area (Å²) in [5.74, 6) is -0.847. The lowest BCUT2D eigenvalue weighted by Crippen LogP contribution is -2.29. The van der Waals surface area contributed by atoms with Crippen LogP contribution in [0.3, 0.4) is 0 Å². The minimum atomic E-state index is -4.40. The van der Waals surface area contributed by atoms with Crippen molar-refractivity contribution in [1.82, 2.24) is 0 Å². The molecule has 2 unspecified atom stereocenters. The molecule has 0 bridgehead atoms. The van der Waals surface area contributed by atoms with Crippen LogP contribution < -0.4 is 5.73 Å². The molecule has 3 N–H and O–H groups in total. The van der Waals surface area contributed by atoms with Crippen molar-refractivity contribution in [3.05, 3.63) is 122 Å². The molecule has 9 nitrogen and oxygen atoms in total. The van der Waals surface area contributed by atoms with Gasteiger partial charge in [-0.2, -0.15) is 0 Å². The molecule has 0 aliphatic carbocycles. The smallest absolute Gasteiger partial charge is 0.462 e. The molecule has 0 rings (SSSR count). The van der Waals surface area contributed by atoms with Gasteiger partial charge in [0.15, 0.2) is 6.10 Å².